The third kappa shape index (κ3) is 31.8. The number of hydrogen-bond donors (Lipinski definition) is 2. The number of phosphoric ester groups is 1. The summed E-state index contributed by atoms with van der Waals surface area (Å²) in [7, 11) is -4.18. The summed E-state index contributed by atoms with van der Waals surface area (Å²) in [6, 6.07) is 0. The van der Waals surface area contributed by atoms with Gasteiger partial charge in [-0.25, -0.2) is 4.57 Å². The van der Waals surface area contributed by atoms with E-state index in [0.29, 0.717) is 0 Å². The van der Waals surface area contributed by atoms with Crippen LogP contribution in [-0.2, 0) is 13.6 Å². The van der Waals surface area contributed by atoms with Gasteiger partial charge in [-0.15, -0.1) is 11.6 Å². The first kappa shape index (κ1) is 42.4. The number of alkyl halides is 1. The van der Waals surface area contributed by atoms with Crippen LogP contribution >= 0.6 is 19.4 Å². The van der Waals surface area contributed by atoms with Crippen LogP contribution in [0, 0.1) is 5.92 Å². The summed E-state index contributed by atoms with van der Waals surface area (Å²) in [6.07, 6.45) is 35.9. The van der Waals surface area contributed by atoms with Crippen LogP contribution in [0.1, 0.15) is 194 Å². The van der Waals surface area contributed by atoms with Gasteiger partial charge in [0.25, 0.3) is 0 Å². The average Bonchev–Trinajstić information content (AvgIpc) is 2.98. The lowest BCUT2D eigenvalue weighted by atomic mass is 9.94. The van der Waals surface area contributed by atoms with E-state index in [4.69, 9.17) is 20.6 Å². The summed E-state index contributed by atoms with van der Waals surface area (Å²) in [5.74, 6) is 0.230. The van der Waals surface area contributed by atoms with E-state index >= 15 is 0 Å². The maximum Gasteiger partial charge on any atom is 0.472 e. The molecule has 3 atom stereocenters. The Bertz CT molecular complexity index is 580. The van der Waals surface area contributed by atoms with Crippen molar-refractivity contribution < 1.29 is 23.6 Å². The molecule has 0 heterocycles. The van der Waals surface area contributed by atoms with E-state index in [1.54, 1.807) is 0 Å². The largest absolute Gasteiger partial charge is 0.472 e. The Morgan fingerprint density at radius 2 is 0.810 bits per heavy atom. The molecule has 0 saturated heterocycles. The lowest BCUT2D eigenvalue weighted by Crippen LogP contribution is -2.17. The Hall–Kier alpha value is 0.360. The van der Waals surface area contributed by atoms with Gasteiger partial charge in [-0.1, -0.05) is 181 Å². The Balaban J connectivity index is 4.08. The highest BCUT2D eigenvalue weighted by Gasteiger charge is 2.24. The zero-order valence-electron chi connectivity index (χ0n) is 28.0. The van der Waals surface area contributed by atoms with Crippen molar-refractivity contribution in [3.63, 3.8) is 0 Å². The van der Waals surface area contributed by atoms with E-state index in [1.165, 1.54) is 154 Å². The van der Waals surface area contributed by atoms with Crippen molar-refractivity contribution in [1.82, 2.24) is 0 Å². The zero-order chi connectivity index (χ0) is 31.0. The summed E-state index contributed by atoms with van der Waals surface area (Å²) >= 11 is 5.56. The minimum Gasteiger partial charge on any atom is -0.389 e. The van der Waals surface area contributed by atoms with Crippen molar-refractivity contribution in [1.29, 1.82) is 0 Å². The van der Waals surface area contributed by atoms with Crippen LogP contribution in [0.3, 0.4) is 0 Å². The molecule has 0 aromatic heterocycles. The quantitative estimate of drug-likeness (QED) is 0.0410. The lowest BCUT2D eigenvalue weighted by molar-refractivity contribution is 0.0766. The third-order valence-electron chi connectivity index (χ3n) is 8.51. The van der Waals surface area contributed by atoms with Crippen LogP contribution in [0.15, 0.2) is 0 Å². The SMILES string of the molecule is CCCCCCCCCCCCCCCCC(CCCCCCCCCCCCCC)COP(=O)(O)OCC(O)CCl. The van der Waals surface area contributed by atoms with Gasteiger partial charge >= 0.3 is 7.82 Å². The molecule has 0 radical (unpaired) electrons. The molecule has 0 aliphatic carbocycles. The number of aliphatic hydroxyl groups excluding tert-OH is 1. The van der Waals surface area contributed by atoms with E-state index < -0.39 is 13.9 Å². The molecule has 0 aromatic rings. The fourth-order valence-corrected chi connectivity index (χ4v) is 6.60. The molecule has 0 aromatic carbocycles. The van der Waals surface area contributed by atoms with Crippen molar-refractivity contribution in [2.45, 2.75) is 200 Å². The van der Waals surface area contributed by atoms with Crippen LogP contribution < -0.4 is 0 Å². The second kappa shape index (κ2) is 32.7. The highest BCUT2D eigenvalue weighted by atomic mass is 35.5. The summed E-state index contributed by atoms with van der Waals surface area (Å²) < 4.78 is 22.6. The van der Waals surface area contributed by atoms with E-state index in [-0.39, 0.29) is 25.0 Å². The van der Waals surface area contributed by atoms with Crippen molar-refractivity contribution >= 4 is 19.4 Å². The van der Waals surface area contributed by atoms with Gasteiger partial charge in [-0.2, -0.15) is 0 Å². The zero-order valence-corrected chi connectivity index (χ0v) is 29.7. The van der Waals surface area contributed by atoms with Gasteiger partial charge in [0.05, 0.1) is 25.2 Å². The van der Waals surface area contributed by atoms with E-state index in [1.807, 2.05) is 0 Å². The normalized spacial score (nSPS) is 14.7. The first-order valence-electron chi connectivity index (χ1n) is 18.3. The number of hydrogen-bond acceptors (Lipinski definition) is 4. The predicted molar refractivity (Wildman–Crippen MR) is 183 cm³/mol. The average molecular weight is 639 g/mol. The molecule has 0 fully saturated rings. The summed E-state index contributed by atoms with van der Waals surface area (Å²) in [6.45, 7) is 4.49. The molecule has 2 N–H and O–H groups in total. The smallest absolute Gasteiger partial charge is 0.389 e. The molecule has 0 saturated carbocycles. The molecular weight excluding hydrogens is 567 g/mol. The van der Waals surface area contributed by atoms with Crippen molar-refractivity contribution in [3.8, 4) is 0 Å². The first-order chi connectivity index (χ1) is 20.4. The van der Waals surface area contributed by atoms with Gasteiger partial charge in [-0.3, -0.25) is 9.05 Å². The van der Waals surface area contributed by atoms with Gasteiger partial charge in [0.2, 0.25) is 0 Å². The summed E-state index contributed by atoms with van der Waals surface area (Å²) in [5, 5.41) is 9.53. The number of halogens is 1. The molecule has 0 aliphatic heterocycles. The standard InChI is InChI=1S/C35H72ClO5P/c1-3-5-7-9-11-13-15-17-18-20-22-24-26-28-30-34(32-40-42(38,39)41-33-35(37)31-36)29-27-25-23-21-19-16-14-12-10-8-6-4-2/h34-35,37H,3-33H2,1-2H3,(H,38,39). The van der Waals surface area contributed by atoms with Gasteiger partial charge in [0, 0.05) is 0 Å². The van der Waals surface area contributed by atoms with Gasteiger partial charge in [-0.05, 0) is 18.8 Å². The summed E-state index contributed by atoms with van der Waals surface area (Å²) in [5.41, 5.74) is 0. The van der Waals surface area contributed by atoms with Crippen LogP contribution in [-0.4, -0.2) is 35.2 Å². The number of rotatable bonds is 35. The van der Waals surface area contributed by atoms with Gasteiger partial charge < -0.3 is 10.00 Å². The first-order valence-corrected chi connectivity index (χ1v) is 20.3. The number of phosphoric acid groups is 1. The molecule has 7 heteroatoms. The van der Waals surface area contributed by atoms with E-state index in [0.717, 1.165) is 25.7 Å². The van der Waals surface area contributed by atoms with Crippen LogP contribution in [0.25, 0.3) is 0 Å². The van der Waals surface area contributed by atoms with Gasteiger partial charge in [0.1, 0.15) is 0 Å². The second-order valence-electron chi connectivity index (χ2n) is 12.8. The molecule has 254 valence electrons. The highest BCUT2D eigenvalue weighted by molar-refractivity contribution is 7.47. The fourth-order valence-electron chi connectivity index (χ4n) is 5.67. The lowest BCUT2D eigenvalue weighted by Gasteiger charge is -2.20. The van der Waals surface area contributed by atoms with Crippen LogP contribution in [0.5, 0.6) is 0 Å². The van der Waals surface area contributed by atoms with Crippen LogP contribution in [0.4, 0.5) is 0 Å². The number of aliphatic hydroxyl groups is 1. The maximum absolute atomic E-state index is 12.3. The van der Waals surface area contributed by atoms with E-state index in [9.17, 15) is 14.6 Å². The van der Waals surface area contributed by atoms with Crippen molar-refractivity contribution in [2.75, 3.05) is 19.1 Å². The minimum absolute atomic E-state index is 0.0410. The summed E-state index contributed by atoms with van der Waals surface area (Å²) in [4.78, 5) is 10.0. The monoisotopic (exact) mass is 638 g/mol. The molecule has 5 nitrogen and oxygen atoms in total. The molecule has 0 spiro atoms. The minimum atomic E-state index is -4.18. The molecule has 42 heavy (non-hydrogen) atoms. The Labute approximate surface area is 267 Å². The second-order valence-corrected chi connectivity index (χ2v) is 14.6. The number of unbranched alkanes of at least 4 members (excludes halogenated alkanes) is 24. The molecule has 3 unspecified atom stereocenters. The fraction of sp³-hybridized carbons (Fsp3) is 1.00. The van der Waals surface area contributed by atoms with E-state index in [2.05, 4.69) is 13.8 Å². The molecule has 0 bridgehead atoms. The van der Waals surface area contributed by atoms with Crippen LogP contribution in [0.2, 0.25) is 0 Å². The third-order valence-corrected chi connectivity index (χ3v) is 9.82. The van der Waals surface area contributed by atoms with Crippen molar-refractivity contribution in [3.05, 3.63) is 0 Å². The predicted octanol–water partition coefficient (Wildman–Crippen LogP) is 12.3. The Morgan fingerprint density at radius 1 is 0.524 bits per heavy atom. The maximum atomic E-state index is 12.3. The molecule has 0 rings (SSSR count). The Morgan fingerprint density at radius 3 is 1.12 bits per heavy atom. The molecule has 0 aliphatic rings. The Kier molecular flexibility index (Phi) is 33.0. The molecule has 0 amide bonds. The highest BCUT2D eigenvalue weighted by Crippen LogP contribution is 2.44. The molecular formula is C35H72ClO5P. The van der Waals surface area contributed by atoms with Gasteiger partial charge in [0.15, 0.2) is 0 Å². The topological polar surface area (TPSA) is 76.0 Å². The van der Waals surface area contributed by atoms with Crippen molar-refractivity contribution in [2.24, 2.45) is 5.92 Å².